The lowest BCUT2D eigenvalue weighted by Crippen LogP contribution is -2.32. The monoisotopic (exact) mass is 409 g/mol. The number of amides is 2. The average molecular weight is 409 g/mol. The van der Waals surface area contributed by atoms with Gasteiger partial charge in [0.25, 0.3) is 5.69 Å². The zero-order valence-corrected chi connectivity index (χ0v) is 15.4. The number of rotatable bonds is 7. The topological polar surface area (TPSA) is 92.6 Å². The Kier molecular flexibility index (Phi) is 6.92. The molecule has 0 atom stereocenters. The van der Waals surface area contributed by atoms with E-state index in [2.05, 4.69) is 5.32 Å². The van der Waals surface area contributed by atoms with E-state index in [9.17, 15) is 32.9 Å². The molecule has 154 valence electrons. The fourth-order valence-electron chi connectivity index (χ4n) is 2.57. The van der Waals surface area contributed by atoms with Crippen LogP contribution in [0.4, 0.5) is 24.5 Å². The zero-order valence-electron chi connectivity index (χ0n) is 15.4. The van der Waals surface area contributed by atoms with E-state index in [1.165, 1.54) is 4.90 Å². The molecule has 0 aliphatic rings. The van der Waals surface area contributed by atoms with Gasteiger partial charge < -0.3 is 10.2 Å². The van der Waals surface area contributed by atoms with Crippen molar-refractivity contribution in [2.45, 2.75) is 19.0 Å². The SMILES string of the molecule is CN(C(=O)CCNC(=O)Cc1ccc(C(F)(F)F)cc1[N+](=O)[O-])c1ccccc1. The van der Waals surface area contributed by atoms with E-state index in [1.54, 1.807) is 31.3 Å². The predicted octanol–water partition coefficient (Wildman–Crippen LogP) is 3.33. The summed E-state index contributed by atoms with van der Waals surface area (Å²) in [4.78, 5) is 35.7. The number of hydrogen-bond donors (Lipinski definition) is 1. The zero-order chi connectivity index (χ0) is 21.6. The van der Waals surface area contributed by atoms with Crippen LogP contribution in [-0.2, 0) is 22.2 Å². The van der Waals surface area contributed by atoms with Gasteiger partial charge in [-0.2, -0.15) is 13.2 Å². The van der Waals surface area contributed by atoms with Crippen molar-refractivity contribution >= 4 is 23.2 Å². The second-order valence-electron chi connectivity index (χ2n) is 6.16. The van der Waals surface area contributed by atoms with E-state index in [4.69, 9.17) is 0 Å². The van der Waals surface area contributed by atoms with Gasteiger partial charge in [0.15, 0.2) is 0 Å². The van der Waals surface area contributed by atoms with Crippen molar-refractivity contribution in [1.82, 2.24) is 5.32 Å². The van der Waals surface area contributed by atoms with Crippen molar-refractivity contribution in [3.63, 3.8) is 0 Å². The number of carbonyl (C=O) groups is 2. The average Bonchev–Trinajstić information content (AvgIpc) is 2.67. The van der Waals surface area contributed by atoms with Gasteiger partial charge in [0.05, 0.1) is 16.9 Å². The van der Waals surface area contributed by atoms with E-state index in [1.807, 2.05) is 6.07 Å². The second-order valence-corrected chi connectivity index (χ2v) is 6.16. The van der Waals surface area contributed by atoms with Gasteiger partial charge in [-0.1, -0.05) is 24.3 Å². The molecular weight excluding hydrogens is 391 g/mol. The number of nitrogens with one attached hydrogen (secondary N) is 1. The summed E-state index contributed by atoms with van der Waals surface area (Å²) in [6.07, 6.45) is -5.21. The van der Waals surface area contributed by atoms with Crippen LogP contribution in [0.15, 0.2) is 48.5 Å². The minimum absolute atomic E-state index is 0.00770. The largest absolute Gasteiger partial charge is 0.416 e. The molecule has 0 fully saturated rings. The van der Waals surface area contributed by atoms with Crippen molar-refractivity contribution in [2.24, 2.45) is 0 Å². The molecule has 0 saturated heterocycles. The Labute approximate surface area is 164 Å². The molecule has 0 heterocycles. The summed E-state index contributed by atoms with van der Waals surface area (Å²) in [6.45, 7) is -0.0106. The van der Waals surface area contributed by atoms with Crippen LogP contribution < -0.4 is 10.2 Å². The van der Waals surface area contributed by atoms with Crippen molar-refractivity contribution in [3.8, 4) is 0 Å². The minimum Gasteiger partial charge on any atom is -0.355 e. The molecule has 2 amide bonds. The molecule has 2 aromatic rings. The van der Waals surface area contributed by atoms with Gasteiger partial charge >= 0.3 is 6.18 Å². The van der Waals surface area contributed by atoms with E-state index in [-0.39, 0.29) is 24.4 Å². The molecule has 0 radical (unpaired) electrons. The minimum atomic E-state index is -4.73. The number of carbonyl (C=O) groups excluding carboxylic acids is 2. The number of anilines is 1. The Morgan fingerprint density at radius 3 is 2.38 bits per heavy atom. The Bertz CT molecular complexity index is 901. The molecule has 2 aromatic carbocycles. The molecular formula is C19H18F3N3O4. The number of hydrogen-bond acceptors (Lipinski definition) is 4. The maximum Gasteiger partial charge on any atom is 0.416 e. The summed E-state index contributed by atoms with van der Waals surface area (Å²) >= 11 is 0. The summed E-state index contributed by atoms with van der Waals surface area (Å²) in [5.74, 6) is -0.889. The quantitative estimate of drug-likeness (QED) is 0.561. The first-order chi connectivity index (χ1) is 13.6. The number of nitrogens with zero attached hydrogens (tertiary/aromatic N) is 2. The van der Waals surface area contributed by atoms with Crippen LogP contribution in [0.25, 0.3) is 0 Å². The third kappa shape index (κ3) is 6.03. The maximum absolute atomic E-state index is 12.7. The summed E-state index contributed by atoms with van der Waals surface area (Å²) in [7, 11) is 1.59. The number of nitro benzene ring substituents is 1. The van der Waals surface area contributed by atoms with Gasteiger partial charge in [0, 0.05) is 37.3 Å². The van der Waals surface area contributed by atoms with Crippen LogP contribution in [0.1, 0.15) is 17.5 Å². The van der Waals surface area contributed by atoms with Crippen LogP contribution in [0, 0.1) is 10.1 Å². The third-order valence-electron chi connectivity index (χ3n) is 4.14. The highest BCUT2D eigenvalue weighted by Gasteiger charge is 2.33. The molecule has 0 unspecified atom stereocenters. The highest BCUT2D eigenvalue weighted by atomic mass is 19.4. The number of para-hydroxylation sites is 1. The Morgan fingerprint density at radius 1 is 1.14 bits per heavy atom. The number of alkyl halides is 3. The van der Waals surface area contributed by atoms with Crippen molar-refractivity contribution in [3.05, 3.63) is 69.8 Å². The first-order valence-corrected chi connectivity index (χ1v) is 8.52. The van der Waals surface area contributed by atoms with Gasteiger partial charge in [-0.05, 0) is 18.2 Å². The van der Waals surface area contributed by atoms with Crippen LogP contribution in [0.5, 0.6) is 0 Å². The van der Waals surface area contributed by atoms with Crippen LogP contribution >= 0.6 is 0 Å². The lowest BCUT2D eigenvalue weighted by molar-refractivity contribution is -0.385. The molecule has 0 aliphatic carbocycles. The molecule has 0 saturated carbocycles. The van der Waals surface area contributed by atoms with E-state index in [0.29, 0.717) is 17.8 Å². The van der Waals surface area contributed by atoms with Crippen LogP contribution in [-0.4, -0.2) is 30.3 Å². The van der Waals surface area contributed by atoms with Crippen molar-refractivity contribution in [1.29, 1.82) is 0 Å². The van der Waals surface area contributed by atoms with Gasteiger partial charge in [-0.3, -0.25) is 19.7 Å². The summed E-state index contributed by atoms with van der Waals surface area (Å²) in [6, 6.07) is 10.9. The second kappa shape index (κ2) is 9.18. The molecule has 0 aliphatic heterocycles. The summed E-state index contributed by atoms with van der Waals surface area (Å²) in [5.41, 5.74) is -1.41. The van der Waals surface area contributed by atoms with Gasteiger partial charge in [0.2, 0.25) is 11.8 Å². The summed E-state index contributed by atoms with van der Waals surface area (Å²) < 4.78 is 38.2. The predicted molar refractivity (Wildman–Crippen MR) is 99.3 cm³/mol. The fraction of sp³-hybridized carbons (Fsp3) is 0.263. The molecule has 0 aromatic heterocycles. The first-order valence-electron chi connectivity index (χ1n) is 8.52. The van der Waals surface area contributed by atoms with Crippen LogP contribution in [0.3, 0.4) is 0 Å². The maximum atomic E-state index is 12.7. The normalized spacial score (nSPS) is 11.0. The third-order valence-corrected chi connectivity index (χ3v) is 4.14. The molecule has 10 heteroatoms. The lowest BCUT2D eigenvalue weighted by Gasteiger charge is -2.17. The van der Waals surface area contributed by atoms with Gasteiger partial charge in [-0.15, -0.1) is 0 Å². The molecule has 7 nitrogen and oxygen atoms in total. The molecule has 0 spiro atoms. The smallest absolute Gasteiger partial charge is 0.355 e. The highest BCUT2D eigenvalue weighted by Crippen LogP contribution is 2.33. The van der Waals surface area contributed by atoms with Crippen molar-refractivity contribution in [2.75, 3.05) is 18.5 Å². The molecule has 29 heavy (non-hydrogen) atoms. The van der Waals surface area contributed by atoms with Crippen molar-refractivity contribution < 1.29 is 27.7 Å². The first kappa shape index (κ1) is 21.9. The summed E-state index contributed by atoms with van der Waals surface area (Å²) in [5, 5.41) is 13.5. The molecule has 2 rings (SSSR count). The molecule has 0 bridgehead atoms. The van der Waals surface area contributed by atoms with Crippen LogP contribution in [0.2, 0.25) is 0 Å². The highest BCUT2D eigenvalue weighted by molar-refractivity contribution is 5.93. The number of nitro groups is 1. The Hall–Kier alpha value is -3.43. The Morgan fingerprint density at radius 2 is 1.79 bits per heavy atom. The lowest BCUT2D eigenvalue weighted by atomic mass is 10.1. The molecule has 1 N–H and O–H groups in total. The van der Waals surface area contributed by atoms with E-state index in [0.717, 1.165) is 6.07 Å². The van der Waals surface area contributed by atoms with E-state index >= 15 is 0 Å². The van der Waals surface area contributed by atoms with Gasteiger partial charge in [-0.25, -0.2) is 0 Å². The fourth-order valence-corrected chi connectivity index (χ4v) is 2.57. The standard InChI is InChI=1S/C19H18F3N3O4/c1-24(15-5-3-2-4-6-15)18(27)9-10-23-17(26)11-13-7-8-14(19(20,21)22)12-16(13)25(28)29/h2-8,12H,9-11H2,1H3,(H,23,26). The Balaban J connectivity index is 1.94. The van der Waals surface area contributed by atoms with Gasteiger partial charge in [0.1, 0.15) is 0 Å². The number of benzene rings is 2. The van der Waals surface area contributed by atoms with E-state index < -0.39 is 34.7 Å². The number of halogens is 3.